The van der Waals surface area contributed by atoms with Gasteiger partial charge < -0.3 is 30.9 Å². The summed E-state index contributed by atoms with van der Waals surface area (Å²) in [5.41, 5.74) is 7.18. The fraction of sp³-hybridized carbons (Fsp3) is 0.308. The van der Waals surface area contributed by atoms with Gasteiger partial charge in [0.05, 0.1) is 7.11 Å². The summed E-state index contributed by atoms with van der Waals surface area (Å²) in [5, 5.41) is 21.8. The molecule has 0 aromatic heterocycles. The molecule has 8 heteroatoms. The lowest BCUT2D eigenvalue weighted by Crippen LogP contribution is -2.33. The summed E-state index contributed by atoms with van der Waals surface area (Å²) in [6.45, 7) is 2.11. The van der Waals surface area contributed by atoms with Crippen LogP contribution < -0.4 is 15.8 Å². The minimum atomic E-state index is -0.198. The minimum Gasteiger partial charge on any atom is -0.508 e. The number of hydrogen-bond donors (Lipinski definition) is 4. The van der Waals surface area contributed by atoms with Gasteiger partial charge in [-0.25, -0.2) is 0 Å². The molecule has 0 bridgehead atoms. The molecule has 0 spiro atoms. The Labute approximate surface area is 200 Å². The van der Waals surface area contributed by atoms with Gasteiger partial charge in [0.25, 0.3) is 0 Å². The number of rotatable bonds is 13. The predicted molar refractivity (Wildman–Crippen MR) is 133 cm³/mol. The third-order valence-corrected chi connectivity index (χ3v) is 5.04. The first-order chi connectivity index (χ1) is 16.4. The van der Waals surface area contributed by atoms with E-state index in [1.54, 1.807) is 53.5 Å². The summed E-state index contributed by atoms with van der Waals surface area (Å²) < 4.78 is 5.09. The number of nitrogens with zero attached hydrogens (tertiary/aromatic N) is 1. The Morgan fingerprint density at radius 3 is 2.35 bits per heavy atom. The lowest BCUT2D eigenvalue weighted by atomic mass is 10.2. The molecule has 182 valence electrons. The standard InChI is InChI=1S/C26H33N3O5/c1-34-24-19-21(7-12-23(24)31)9-14-26(33)29(18-4-15-27)17-3-2-16-28-25(32)13-8-20-5-10-22(30)11-6-20/h5-14,19,30-31H,2-4,15-18,27H2,1H3,(H,28,32). The lowest BCUT2D eigenvalue weighted by molar-refractivity contribution is -0.126. The van der Waals surface area contributed by atoms with Crippen LogP contribution in [0.2, 0.25) is 0 Å². The molecule has 0 saturated carbocycles. The number of phenols is 2. The Bertz CT molecular complexity index is 986. The minimum absolute atomic E-state index is 0.0403. The zero-order chi connectivity index (χ0) is 24.8. The van der Waals surface area contributed by atoms with Crippen molar-refractivity contribution in [1.29, 1.82) is 0 Å². The van der Waals surface area contributed by atoms with Crippen LogP contribution in [0, 0.1) is 0 Å². The molecule has 0 aliphatic rings. The highest BCUT2D eigenvalue weighted by atomic mass is 16.5. The highest BCUT2D eigenvalue weighted by Gasteiger charge is 2.10. The smallest absolute Gasteiger partial charge is 0.246 e. The van der Waals surface area contributed by atoms with E-state index in [0.717, 1.165) is 24.0 Å². The first-order valence-electron chi connectivity index (χ1n) is 11.2. The second-order valence-corrected chi connectivity index (χ2v) is 7.66. The molecule has 0 aliphatic heterocycles. The van der Waals surface area contributed by atoms with Crippen molar-refractivity contribution >= 4 is 24.0 Å². The molecule has 5 N–H and O–H groups in total. The molecule has 0 heterocycles. The van der Waals surface area contributed by atoms with Gasteiger partial charge in [-0.1, -0.05) is 18.2 Å². The van der Waals surface area contributed by atoms with Gasteiger partial charge in [-0.15, -0.1) is 0 Å². The maximum absolute atomic E-state index is 12.7. The molecule has 2 rings (SSSR count). The van der Waals surface area contributed by atoms with Crippen LogP contribution in [0.25, 0.3) is 12.2 Å². The lowest BCUT2D eigenvalue weighted by Gasteiger charge is -2.21. The quantitative estimate of drug-likeness (QED) is 0.265. The van der Waals surface area contributed by atoms with Crippen molar-refractivity contribution in [2.45, 2.75) is 19.3 Å². The van der Waals surface area contributed by atoms with E-state index in [2.05, 4.69) is 5.32 Å². The summed E-state index contributed by atoms with van der Waals surface area (Å²) >= 11 is 0. The molecular formula is C26H33N3O5. The van der Waals surface area contributed by atoms with E-state index in [0.29, 0.717) is 38.3 Å². The molecule has 0 unspecified atom stereocenters. The third kappa shape index (κ3) is 9.38. The first kappa shape index (κ1) is 26.5. The molecule has 2 aromatic carbocycles. The maximum Gasteiger partial charge on any atom is 0.246 e. The number of methoxy groups -OCH3 is 1. The van der Waals surface area contributed by atoms with Crippen LogP contribution in [-0.2, 0) is 9.59 Å². The average Bonchev–Trinajstić information content (AvgIpc) is 2.84. The summed E-state index contributed by atoms with van der Waals surface area (Å²) in [6.07, 6.45) is 8.47. The van der Waals surface area contributed by atoms with Crippen molar-refractivity contribution in [1.82, 2.24) is 10.2 Å². The molecule has 0 aliphatic carbocycles. The van der Waals surface area contributed by atoms with Crippen molar-refractivity contribution in [3.63, 3.8) is 0 Å². The molecule has 2 amide bonds. The van der Waals surface area contributed by atoms with Crippen LogP contribution in [0.5, 0.6) is 17.2 Å². The highest BCUT2D eigenvalue weighted by Crippen LogP contribution is 2.26. The van der Waals surface area contributed by atoms with Crippen LogP contribution in [0.15, 0.2) is 54.6 Å². The van der Waals surface area contributed by atoms with Gasteiger partial charge in [0.15, 0.2) is 11.5 Å². The van der Waals surface area contributed by atoms with Gasteiger partial charge in [0.2, 0.25) is 11.8 Å². The van der Waals surface area contributed by atoms with Gasteiger partial charge in [-0.3, -0.25) is 9.59 Å². The van der Waals surface area contributed by atoms with Crippen LogP contribution in [0.1, 0.15) is 30.4 Å². The number of hydrogen-bond acceptors (Lipinski definition) is 6. The summed E-state index contributed by atoms with van der Waals surface area (Å²) in [7, 11) is 1.47. The van der Waals surface area contributed by atoms with Crippen molar-refractivity contribution in [3.05, 3.63) is 65.7 Å². The second kappa shape index (κ2) is 14.4. The van der Waals surface area contributed by atoms with E-state index in [1.165, 1.54) is 25.3 Å². The number of carbonyl (C=O) groups is 2. The Morgan fingerprint density at radius 1 is 0.971 bits per heavy atom. The maximum atomic E-state index is 12.7. The molecule has 0 saturated heterocycles. The van der Waals surface area contributed by atoms with E-state index in [1.807, 2.05) is 0 Å². The van der Waals surface area contributed by atoms with Gasteiger partial charge >= 0.3 is 0 Å². The van der Waals surface area contributed by atoms with E-state index in [9.17, 15) is 19.8 Å². The molecule has 2 aromatic rings. The predicted octanol–water partition coefficient (Wildman–Crippen LogP) is 2.91. The van der Waals surface area contributed by atoms with E-state index in [4.69, 9.17) is 10.5 Å². The Hall–Kier alpha value is -3.78. The Morgan fingerprint density at radius 2 is 1.65 bits per heavy atom. The highest BCUT2D eigenvalue weighted by molar-refractivity contribution is 5.92. The topological polar surface area (TPSA) is 125 Å². The number of phenolic OH excluding ortho intramolecular Hbond substituents is 2. The SMILES string of the molecule is COc1cc(C=CC(=O)N(CCCN)CCCCNC(=O)C=Cc2ccc(O)cc2)ccc1O. The number of aromatic hydroxyl groups is 2. The van der Waals surface area contributed by atoms with E-state index in [-0.39, 0.29) is 23.3 Å². The van der Waals surface area contributed by atoms with E-state index >= 15 is 0 Å². The molecule has 34 heavy (non-hydrogen) atoms. The second-order valence-electron chi connectivity index (χ2n) is 7.66. The largest absolute Gasteiger partial charge is 0.508 e. The number of benzene rings is 2. The molecule has 0 radical (unpaired) electrons. The normalized spacial score (nSPS) is 11.1. The fourth-order valence-corrected chi connectivity index (χ4v) is 3.14. The summed E-state index contributed by atoms with van der Waals surface area (Å²) in [4.78, 5) is 26.4. The van der Waals surface area contributed by atoms with Gasteiger partial charge in [0.1, 0.15) is 5.75 Å². The number of nitrogens with two attached hydrogens (primary N) is 1. The fourth-order valence-electron chi connectivity index (χ4n) is 3.14. The van der Waals surface area contributed by atoms with Gasteiger partial charge in [-0.2, -0.15) is 0 Å². The molecular weight excluding hydrogens is 434 g/mol. The van der Waals surface area contributed by atoms with Crippen LogP contribution in [0.3, 0.4) is 0 Å². The molecule has 0 atom stereocenters. The van der Waals surface area contributed by atoms with Crippen molar-refractivity contribution in [2.24, 2.45) is 5.73 Å². The van der Waals surface area contributed by atoms with Crippen molar-refractivity contribution in [3.8, 4) is 17.2 Å². The number of unbranched alkanes of at least 4 members (excludes halogenated alkanes) is 1. The Balaban J connectivity index is 1.79. The molecule has 8 nitrogen and oxygen atoms in total. The van der Waals surface area contributed by atoms with Gasteiger partial charge in [0, 0.05) is 31.8 Å². The van der Waals surface area contributed by atoms with Crippen molar-refractivity contribution < 1.29 is 24.5 Å². The zero-order valence-corrected chi connectivity index (χ0v) is 19.4. The van der Waals surface area contributed by atoms with Crippen LogP contribution in [-0.4, -0.2) is 60.2 Å². The van der Waals surface area contributed by atoms with Crippen LogP contribution >= 0.6 is 0 Å². The number of ether oxygens (including phenoxy) is 1. The number of amides is 2. The molecule has 0 fully saturated rings. The average molecular weight is 468 g/mol. The van der Waals surface area contributed by atoms with Crippen molar-refractivity contribution in [2.75, 3.05) is 33.3 Å². The van der Waals surface area contributed by atoms with Gasteiger partial charge in [-0.05, 0) is 73.4 Å². The number of carbonyl (C=O) groups excluding carboxylic acids is 2. The van der Waals surface area contributed by atoms with Crippen LogP contribution in [0.4, 0.5) is 0 Å². The zero-order valence-electron chi connectivity index (χ0n) is 19.4. The third-order valence-electron chi connectivity index (χ3n) is 5.04. The summed E-state index contributed by atoms with van der Waals surface area (Å²) in [5.74, 6) is 0.238. The number of nitrogens with one attached hydrogen (secondary N) is 1. The van der Waals surface area contributed by atoms with E-state index < -0.39 is 0 Å². The summed E-state index contributed by atoms with van der Waals surface area (Å²) in [6, 6.07) is 11.4. The monoisotopic (exact) mass is 467 g/mol. The first-order valence-corrected chi connectivity index (χ1v) is 11.2. The Kier molecular flexibility index (Phi) is 11.2.